The van der Waals surface area contributed by atoms with Gasteiger partial charge in [-0.05, 0) is 0 Å². The minimum absolute atomic E-state index is 0.00870. The van der Waals surface area contributed by atoms with E-state index in [4.69, 9.17) is 0 Å². The average molecular weight is 339 g/mol. The van der Waals surface area contributed by atoms with Crippen molar-refractivity contribution in [2.24, 2.45) is 0 Å². The topological polar surface area (TPSA) is 20.3 Å². The second-order valence-corrected chi connectivity index (χ2v) is 9.19. The molecule has 0 aliphatic carbocycles. The molecule has 0 aromatic heterocycles. The van der Waals surface area contributed by atoms with Gasteiger partial charge in [-0.15, -0.1) is 0 Å². The molecular formula is C11H12F2INO. The van der Waals surface area contributed by atoms with E-state index in [0.29, 0.717) is 13.7 Å². The summed E-state index contributed by atoms with van der Waals surface area (Å²) in [5, 5.41) is 0. The molecule has 0 fully saturated rings. The predicted molar refractivity (Wildman–Crippen MR) is 68.2 cm³/mol. The molecule has 0 saturated heterocycles. The first-order valence-electron chi connectivity index (χ1n) is 4.91. The van der Waals surface area contributed by atoms with Crippen molar-refractivity contribution in [2.45, 2.75) is 13.8 Å². The van der Waals surface area contributed by atoms with E-state index in [1.54, 1.807) is 13.1 Å². The van der Waals surface area contributed by atoms with Crippen LogP contribution in [-0.2, 0) is 0 Å². The van der Waals surface area contributed by atoms with Crippen LogP contribution < -0.4 is 4.90 Å². The van der Waals surface area contributed by atoms with Crippen LogP contribution in [0.1, 0.15) is 12.5 Å². The molecule has 0 N–H and O–H groups in total. The van der Waals surface area contributed by atoms with E-state index in [1.807, 2.05) is 6.92 Å². The molecule has 5 heteroatoms. The summed E-state index contributed by atoms with van der Waals surface area (Å²) in [7, 11) is 1.63. The number of carbonyl (C=O) groups excluding carboxylic acids is 1. The molecule has 16 heavy (non-hydrogen) atoms. The van der Waals surface area contributed by atoms with Gasteiger partial charge in [-0.25, -0.2) is 0 Å². The van der Waals surface area contributed by atoms with Crippen molar-refractivity contribution in [3.63, 3.8) is 0 Å². The van der Waals surface area contributed by atoms with Crippen LogP contribution in [0.5, 0.6) is 0 Å². The number of aryl methyl sites for hydroxylation is 1. The zero-order valence-corrected chi connectivity index (χ0v) is 11.4. The number of amides is 1. The molecule has 1 aromatic rings. The Hall–Kier alpha value is -0.720. The summed E-state index contributed by atoms with van der Waals surface area (Å²) in [6, 6.07) is 1.57. The zero-order chi connectivity index (χ0) is 12.0. The van der Waals surface area contributed by atoms with Crippen molar-refractivity contribution >= 4 is 29.4 Å². The summed E-state index contributed by atoms with van der Waals surface area (Å²) < 4.78 is 28.3. The van der Waals surface area contributed by atoms with E-state index in [9.17, 15) is 13.6 Å². The SMILES string of the molecule is CCI1C(=O)N(C)c2cc(C)c(F)c(F)c21. The third-order valence-corrected chi connectivity index (χ3v) is 8.32. The maximum absolute atomic E-state index is 13.8. The number of rotatable bonds is 1. The van der Waals surface area contributed by atoms with E-state index in [0.717, 1.165) is 0 Å². The molecule has 88 valence electrons. The van der Waals surface area contributed by atoms with E-state index in [-0.39, 0.29) is 9.48 Å². The standard InChI is InChI=1S/C11H12F2INO/c1-4-14-10-7(15(3)11(14)16)5-6(2)8(12)9(10)13/h5H,4H2,1-3H3. The molecule has 0 saturated carbocycles. The zero-order valence-electron chi connectivity index (χ0n) is 9.27. The van der Waals surface area contributed by atoms with Crippen LogP contribution in [0.15, 0.2) is 6.07 Å². The Morgan fingerprint density at radius 2 is 2.00 bits per heavy atom. The Morgan fingerprint density at radius 3 is 2.56 bits per heavy atom. The Morgan fingerprint density at radius 1 is 1.38 bits per heavy atom. The van der Waals surface area contributed by atoms with E-state index in [1.165, 1.54) is 11.8 Å². The van der Waals surface area contributed by atoms with Crippen LogP contribution in [0.3, 0.4) is 0 Å². The number of fused-ring (bicyclic) bond motifs is 1. The molecule has 1 heterocycles. The molecule has 1 aromatic carbocycles. The predicted octanol–water partition coefficient (Wildman–Crippen LogP) is 3.54. The van der Waals surface area contributed by atoms with Crippen molar-refractivity contribution in [1.82, 2.24) is 0 Å². The molecule has 0 bridgehead atoms. The van der Waals surface area contributed by atoms with Gasteiger partial charge >= 0.3 is 100 Å². The fraction of sp³-hybridized carbons (Fsp3) is 0.364. The Kier molecular flexibility index (Phi) is 2.90. The van der Waals surface area contributed by atoms with Crippen molar-refractivity contribution < 1.29 is 13.6 Å². The number of halogens is 3. The molecule has 1 aliphatic heterocycles. The summed E-state index contributed by atoms with van der Waals surface area (Å²) in [6.07, 6.45) is 0. The summed E-state index contributed by atoms with van der Waals surface area (Å²) in [5.74, 6) is -1.61. The van der Waals surface area contributed by atoms with Gasteiger partial charge < -0.3 is 0 Å². The van der Waals surface area contributed by atoms with Crippen molar-refractivity contribution in [2.75, 3.05) is 16.4 Å². The van der Waals surface area contributed by atoms with Crippen molar-refractivity contribution in [1.29, 1.82) is 0 Å². The van der Waals surface area contributed by atoms with Gasteiger partial charge in [-0.2, -0.15) is 0 Å². The number of hydrogen-bond donors (Lipinski definition) is 0. The Bertz CT molecular complexity index is 476. The quantitative estimate of drug-likeness (QED) is 0.252. The molecule has 0 atom stereocenters. The average Bonchev–Trinajstić information content (AvgIpc) is 2.50. The van der Waals surface area contributed by atoms with Crippen LogP contribution in [0.4, 0.5) is 19.3 Å². The fourth-order valence-electron chi connectivity index (χ4n) is 1.75. The third-order valence-electron chi connectivity index (χ3n) is 2.63. The number of nitrogens with zero attached hydrogens (tertiary/aromatic N) is 1. The first kappa shape index (κ1) is 11.8. The van der Waals surface area contributed by atoms with Gasteiger partial charge in [0.2, 0.25) is 0 Å². The van der Waals surface area contributed by atoms with Crippen LogP contribution in [0.25, 0.3) is 0 Å². The molecule has 0 unspecified atom stereocenters. The first-order valence-corrected chi connectivity index (χ1v) is 8.59. The van der Waals surface area contributed by atoms with Gasteiger partial charge in [-0.1, -0.05) is 0 Å². The van der Waals surface area contributed by atoms with Gasteiger partial charge in [-0.3, -0.25) is 0 Å². The summed E-state index contributed by atoms with van der Waals surface area (Å²) in [5.41, 5.74) is 0.818. The molecule has 0 radical (unpaired) electrons. The number of benzene rings is 1. The third kappa shape index (κ3) is 1.44. The Balaban J connectivity index is 2.72. The molecule has 2 nitrogen and oxygen atoms in total. The van der Waals surface area contributed by atoms with Gasteiger partial charge in [0, 0.05) is 0 Å². The number of carbonyl (C=O) groups is 1. The second-order valence-electron chi connectivity index (χ2n) is 3.60. The summed E-state index contributed by atoms with van der Waals surface area (Å²) in [4.78, 5) is 13.3. The van der Waals surface area contributed by atoms with Crippen LogP contribution in [0, 0.1) is 22.1 Å². The number of alkyl halides is 1. The van der Waals surface area contributed by atoms with Crippen molar-refractivity contribution in [3.8, 4) is 0 Å². The van der Waals surface area contributed by atoms with Crippen LogP contribution >= 0.6 is 19.8 Å². The molecule has 0 spiro atoms. The second kappa shape index (κ2) is 3.94. The normalized spacial score (nSPS) is 16.9. The number of anilines is 1. The molecule has 1 amide bonds. The van der Waals surface area contributed by atoms with Gasteiger partial charge in [0.1, 0.15) is 0 Å². The number of hydrogen-bond acceptors (Lipinski definition) is 1. The minimum atomic E-state index is -2.22. The van der Waals surface area contributed by atoms with Crippen LogP contribution in [0.2, 0.25) is 0 Å². The summed E-state index contributed by atoms with van der Waals surface area (Å²) >= 11 is -2.22. The van der Waals surface area contributed by atoms with Crippen LogP contribution in [-0.4, -0.2) is 15.4 Å². The van der Waals surface area contributed by atoms with Gasteiger partial charge in [0.05, 0.1) is 0 Å². The first-order chi connectivity index (χ1) is 7.49. The summed E-state index contributed by atoms with van der Waals surface area (Å²) in [6.45, 7) is 3.38. The van der Waals surface area contributed by atoms with Gasteiger partial charge in [0.15, 0.2) is 0 Å². The fourth-order valence-corrected chi connectivity index (χ4v) is 6.75. The molecule has 2 rings (SSSR count). The van der Waals surface area contributed by atoms with E-state index in [2.05, 4.69) is 0 Å². The maximum atomic E-state index is 13.8. The molecular weight excluding hydrogens is 327 g/mol. The van der Waals surface area contributed by atoms with E-state index >= 15 is 0 Å². The van der Waals surface area contributed by atoms with Crippen molar-refractivity contribution in [3.05, 3.63) is 26.8 Å². The van der Waals surface area contributed by atoms with Gasteiger partial charge in [0.25, 0.3) is 0 Å². The monoisotopic (exact) mass is 339 g/mol. The Labute approximate surface area is 100 Å². The molecule has 1 aliphatic rings. The van der Waals surface area contributed by atoms with E-state index < -0.39 is 31.5 Å².